The van der Waals surface area contributed by atoms with E-state index < -0.39 is 5.25 Å². The van der Waals surface area contributed by atoms with Gasteiger partial charge in [-0.1, -0.05) is 59.8 Å². The molecule has 0 unspecified atom stereocenters. The Bertz CT molecular complexity index is 958. The highest BCUT2D eigenvalue weighted by molar-refractivity contribution is 8.00. The minimum absolute atomic E-state index is 0.142. The first-order valence-corrected chi connectivity index (χ1v) is 9.94. The number of hydrogen-bond donors (Lipinski definition) is 1. The zero-order chi connectivity index (χ0) is 18.8. The molecule has 27 heavy (non-hydrogen) atoms. The Labute approximate surface area is 166 Å². The van der Waals surface area contributed by atoms with Gasteiger partial charge < -0.3 is 5.32 Å². The molecule has 3 aromatic rings. The van der Waals surface area contributed by atoms with E-state index in [0.717, 1.165) is 24.0 Å². The smallest absolute Gasteiger partial charge is 0.242 e. The van der Waals surface area contributed by atoms with Crippen LogP contribution in [0.1, 0.15) is 35.3 Å². The van der Waals surface area contributed by atoms with Crippen molar-refractivity contribution >= 4 is 35.0 Å². The lowest BCUT2D eigenvalue weighted by atomic mass is 10.1. The van der Waals surface area contributed by atoms with Gasteiger partial charge in [0.25, 0.3) is 0 Å². The van der Waals surface area contributed by atoms with Crippen LogP contribution in [0.25, 0.3) is 0 Å². The lowest BCUT2D eigenvalue weighted by Crippen LogP contribution is -2.19. The maximum atomic E-state index is 13.1. The van der Waals surface area contributed by atoms with E-state index in [9.17, 15) is 4.79 Å². The van der Waals surface area contributed by atoms with Crippen molar-refractivity contribution in [3.8, 4) is 0 Å². The second kappa shape index (κ2) is 7.70. The Hall–Kier alpha value is -2.38. The summed E-state index contributed by atoms with van der Waals surface area (Å²) < 4.78 is 1.82. The maximum Gasteiger partial charge on any atom is 0.242 e. The molecule has 4 rings (SSSR count). The molecule has 0 spiro atoms. The van der Waals surface area contributed by atoms with Gasteiger partial charge in [0, 0.05) is 10.7 Å². The van der Waals surface area contributed by atoms with Crippen molar-refractivity contribution in [2.45, 2.75) is 36.2 Å². The topological polar surface area (TPSA) is 72.7 Å². The Morgan fingerprint density at radius 1 is 1.26 bits per heavy atom. The molecule has 1 amide bonds. The number of nitrogens with one attached hydrogen (secondary N) is 1. The van der Waals surface area contributed by atoms with Crippen LogP contribution in [-0.4, -0.2) is 26.1 Å². The van der Waals surface area contributed by atoms with Gasteiger partial charge in [-0.05, 0) is 53.5 Å². The summed E-state index contributed by atoms with van der Waals surface area (Å²) in [7, 11) is 0. The fraction of sp³-hybridized carbons (Fsp3) is 0.263. The van der Waals surface area contributed by atoms with E-state index in [1.807, 2.05) is 54.1 Å². The largest absolute Gasteiger partial charge is 0.325 e. The number of thioether (sulfide) groups is 1. The first-order chi connectivity index (χ1) is 13.1. The van der Waals surface area contributed by atoms with Crippen molar-refractivity contribution in [3.05, 3.63) is 64.7 Å². The molecule has 0 aliphatic heterocycles. The molecule has 0 saturated heterocycles. The molecule has 1 aromatic heterocycles. The van der Waals surface area contributed by atoms with Crippen LogP contribution in [-0.2, 0) is 4.79 Å². The van der Waals surface area contributed by atoms with Gasteiger partial charge in [0.2, 0.25) is 11.1 Å². The summed E-state index contributed by atoms with van der Waals surface area (Å²) >= 11 is 7.55. The minimum atomic E-state index is -0.477. The van der Waals surface area contributed by atoms with Crippen LogP contribution in [0.4, 0.5) is 5.69 Å². The van der Waals surface area contributed by atoms with Crippen molar-refractivity contribution in [2.75, 3.05) is 5.32 Å². The van der Waals surface area contributed by atoms with E-state index in [-0.39, 0.29) is 5.91 Å². The third-order valence-corrected chi connectivity index (χ3v) is 5.97. The van der Waals surface area contributed by atoms with Gasteiger partial charge in [-0.25, -0.2) is 4.68 Å². The summed E-state index contributed by atoms with van der Waals surface area (Å²) in [5.74, 6) is -0.142. The number of tetrazole rings is 1. The van der Waals surface area contributed by atoms with Crippen LogP contribution in [0, 0.1) is 6.92 Å². The van der Waals surface area contributed by atoms with Crippen molar-refractivity contribution in [2.24, 2.45) is 0 Å². The van der Waals surface area contributed by atoms with Crippen molar-refractivity contribution in [3.63, 3.8) is 0 Å². The molecule has 138 valence electrons. The molecule has 0 radical (unpaired) electrons. The summed E-state index contributed by atoms with van der Waals surface area (Å²) in [5.41, 5.74) is 2.52. The Kier molecular flexibility index (Phi) is 5.13. The number of rotatable bonds is 6. The molecule has 0 bridgehead atoms. The summed E-state index contributed by atoms with van der Waals surface area (Å²) in [6.07, 6.45) is 2.14. The molecular formula is C19H18ClN5OS. The van der Waals surface area contributed by atoms with Crippen LogP contribution in [0.15, 0.2) is 53.7 Å². The number of carbonyl (C=O) groups is 1. The quantitative estimate of drug-likeness (QED) is 0.620. The average Bonchev–Trinajstić information content (AvgIpc) is 3.41. The third kappa shape index (κ3) is 4.14. The summed E-state index contributed by atoms with van der Waals surface area (Å²) in [5, 5.41) is 15.7. The minimum Gasteiger partial charge on any atom is -0.325 e. The highest BCUT2D eigenvalue weighted by Gasteiger charge is 2.31. The molecule has 1 fully saturated rings. The Balaban J connectivity index is 1.60. The highest BCUT2D eigenvalue weighted by atomic mass is 35.5. The summed E-state index contributed by atoms with van der Waals surface area (Å²) in [6, 6.07) is 15.5. The number of amides is 1. The first kappa shape index (κ1) is 18.0. The second-order valence-corrected chi connectivity index (χ2v) is 7.98. The molecule has 1 aliphatic carbocycles. The fourth-order valence-electron chi connectivity index (χ4n) is 2.70. The van der Waals surface area contributed by atoms with Gasteiger partial charge in [-0.2, -0.15) is 0 Å². The van der Waals surface area contributed by atoms with E-state index in [1.54, 1.807) is 6.07 Å². The SMILES string of the molecule is Cc1ccc(NC(=O)[C@H](Sc2nnnn2C2CC2)c2ccccc2)cc1Cl. The Morgan fingerprint density at radius 3 is 2.74 bits per heavy atom. The predicted molar refractivity (Wildman–Crippen MR) is 106 cm³/mol. The number of nitrogens with zero attached hydrogens (tertiary/aromatic N) is 4. The summed E-state index contributed by atoms with van der Waals surface area (Å²) in [4.78, 5) is 13.1. The van der Waals surface area contributed by atoms with E-state index >= 15 is 0 Å². The van der Waals surface area contributed by atoms with Crippen LogP contribution >= 0.6 is 23.4 Å². The lowest BCUT2D eigenvalue weighted by Gasteiger charge is -2.17. The van der Waals surface area contributed by atoms with E-state index in [2.05, 4.69) is 20.8 Å². The molecule has 6 nitrogen and oxygen atoms in total. The maximum absolute atomic E-state index is 13.1. The number of anilines is 1. The van der Waals surface area contributed by atoms with Crippen molar-refractivity contribution < 1.29 is 4.79 Å². The monoisotopic (exact) mass is 399 g/mol. The van der Waals surface area contributed by atoms with Gasteiger partial charge in [0.05, 0.1) is 6.04 Å². The molecular weight excluding hydrogens is 382 g/mol. The summed E-state index contributed by atoms with van der Waals surface area (Å²) in [6.45, 7) is 1.92. The molecule has 1 heterocycles. The molecule has 2 aromatic carbocycles. The standard InChI is InChI=1S/C19H18ClN5OS/c1-12-7-8-14(11-16(12)20)21-18(26)17(13-5-3-2-4-6-13)27-19-22-23-24-25(19)15-9-10-15/h2-8,11,15,17H,9-10H2,1H3,(H,21,26)/t17-/m1/s1. The third-order valence-electron chi connectivity index (χ3n) is 4.36. The molecule has 1 N–H and O–H groups in total. The van der Waals surface area contributed by atoms with Crippen LogP contribution in [0.2, 0.25) is 5.02 Å². The van der Waals surface area contributed by atoms with Crippen molar-refractivity contribution in [1.82, 2.24) is 20.2 Å². The number of aromatic nitrogens is 4. The van der Waals surface area contributed by atoms with Crippen LogP contribution in [0.5, 0.6) is 0 Å². The first-order valence-electron chi connectivity index (χ1n) is 8.68. The zero-order valence-corrected chi connectivity index (χ0v) is 16.2. The lowest BCUT2D eigenvalue weighted by molar-refractivity contribution is -0.115. The van der Waals surface area contributed by atoms with E-state index in [4.69, 9.17) is 11.6 Å². The number of aryl methyl sites for hydroxylation is 1. The normalized spacial score (nSPS) is 14.7. The molecule has 1 atom stereocenters. The predicted octanol–water partition coefficient (Wildman–Crippen LogP) is 4.44. The van der Waals surface area contributed by atoms with Gasteiger partial charge in [0.1, 0.15) is 5.25 Å². The second-order valence-electron chi connectivity index (χ2n) is 6.50. The van der Waals surface area contributed by atoms with Crippen LogP contribution in [0.3, 0.4) is 0 Å². The van der Waals surface area contributed by atoms with Crippen molar-refractivity contribution in [1.29, 1.82) is 0 Å². The van der Waals surface area contributed by atoms with E-state index in [0.29, 0.717) is 21.9 Å². The molecule has 1 aliphatic rings. The molecule has 8 heteroatoms. The average molecular weight is 400 g/mol. The molecule has 1 saturated carbocycles. The number of hydrogen-bond acceptors (Lipinski definition) is 5. The van der Waals surface area contributed by atoms with Crippen LogP contribution < -0.4 is 5.32 Å². The Morgan fingerprint density at radius 2 is 2.04 bits per heavy atom. The highest BCUT2D eigenvalue weighted by Crippen LogP contribution is 2.40. The van der Waals surface area contributed by atoms with Gasteiger partial charge in [0.15, 0.2) is 0 Å². The van der Waals surface area contributed by atoms with Gasteiger partial charge in [-0.15, -0.1) is 5.10 Å². The number of benzene rings is 2. The fourth-order valence-corrected chi connectivity index (χ4v) is 3.92. The van der Waals surface area contributed by atoms with E-state index in [1.165, 1.54) is 11.8 Å². The van der Waals surface area contributed by atoms with Gasteiger partial charge in [-0.3, -0.25) is 4.79 Å². The number of carbonyl (C=O) groups excluding carboxylic acids is 1. The zero-order valence-electron chi connectivity index (χ0n) is 14.7. The van der Waals surface area contributed by atoms with Gasteiger partial charge >= 0.3 is 0 Å². The number of halogens is 1.